The maximum atomic E-state index is 12.0. The maximum absolute atomic E-state index is 12.0. The molecule has 1 unspecified atom stereocenters. The lowest BCUT2D eigenvalue weighted by Gasteiger charge is -2.20. The van der Waals surface area contributed by atoms with Gasteiger partial charge in [-0.2, -0.15) is 0 Å². The Labute approximate surface area is 101 Å². The number of ether oxygens (including phenoxy) is 1. The monoisotopic (exact) mass is 238 g/mol. The Morgan fingerprint density at radius 3 is 2.82 bits per heavy atom. The van der Waals surface area contributed by atoms with Gasteiger partial charge in [0.15, 0.2) is 0 Å². The molecule has 94 valence electrons. The quantitative estimate of drug-likeness (QED) is 0.797. The van der Waals surface area contributed by atoms with Crippen molar-refractivity contribution in [3.05, 3.63) is 24.0 Å². The summed E-state index contributed by atoms with van der Waals surface area (Å²) in [5.74, 6) is 0.319. The Morgan fingerprint density at radius 1 is 1.59 bits per heavy atom. The number of methoxy groups -OCH3 is 1. The van der Waals surface area contributed by atoms with E-state index in [1.165, 1.54) is 19.5 Å². The molecule has 2 N–H and O–H groups in total. The minimum atomic E-state index is -0.267. The summed E-state index contributed by atoms with van der Waals surface area (Å²) in [6.07, 6.45) is 3.01. The lowest BCUT2D eigenvalue weighted by molar-refractivity contribution is 0.0893. The van der Waals surface area contributed by atoms with Crippen molar-refractivity contribution >= 4 is 5.91 Å². The van der Waals surface area contributed by atoms with Crippen LogP contribution in [0.15, 0.2) is 18.5 Å². The first-order chi connectivity index (χ1) is 8.10. The van der Waals surface area contributed by atoms with Crippen LogP contribution in [-0.2, 0) is 0 Å². The van der Waals surface area contributed by atoms with Gasteiger partial charge in [-0.3, -0.25) is 9.78 Å². The van der Waals surface area contributed by atoms with Crippen molar-refractivity contribution in [2.24, 2.45) is 5.92 Å². The number of hydrogen-bond donors (Lipinski definition) is 2. The van der Waals surface area contributed by atoms with Crippen LogP contribution in [0.5, 0.6) is 5.75 Å². The Bertz CT molecular complexity index is 380. The van der Waals surface area contributed by atoms with Crippen molar-refractivity contribution in [2.75, 3.05) is 13.7 Å². The molecular formula is C12H18N2O3. The van der Waals surface area contributed by atoms with Crippen LogP contribution in [0.4, 0.5) is 0 Å². The van der Waals surface area contributed by atoms with Crippen molar-refractivity contribution in [3.8, 4) is 5.75 Å². The van der Waals surface area contributed by atoms with E-state index in [0.717, 1.165) is 0 Å². The Morgan fingerprint density at radius 2 is 2.29 bits per heavy atom. The van der Waals surface area contributed by atoms with Crippen LogP contribution in [-0.4, -0.2) is 35.8 Å². The summed E-state index contributed by atoms with van der Waals surface area (Å²) in [6, 6.07) is 1.32. The zero-order valence-electron chi connectivity index (χ0n) is 10.3. The number of rotatable bonds is 5. The summed E-state index contributed by atoms with van der Waals surface area (Å²) in [5, 5.41) is 11.9. The van der Waals surface area contributed by atoms with E-state index in [0.29, 0.717) is 11.3 Å². The predicted octanol–water partition coefficient (Wildman–Crippen LogP) is 0.837. The summed E-state index contributed by atoms with van der Waals surface area (Å²) in [6.45, 7) is 3.78. The molecule has 17 heavy (non-hydrogen) atoms. The minimum absolute atomic E-state index is 0.0865. The molecule has 1 amide bonds. The fourth-order valence-electron chi connectivity index (χ4n) is 1.40. The first-order valence-corrected chi connectivity index (χ1v) is 5.49. The van der Waals surface area contributed by atoms with Crippen LogP contribution in [0.2, 0.25) is 0 Å². The van der Waals surface area contributed by atoms with Gasteiger partial charge in [-0.15, -0.1) is 0 Å². The Balaban J connectivity index is 2.82. The smallest absolute Gasteiger partial charge is 0.255 e. The highest BCUT2D eigenvalue weighted by atomic mass is 16.5. The maximum Gasteiger partial charge on any atom is 0.255 e. The van der Waals surface area contributed by atoms with E-state index in [1.54, 1.807) is 6.07 Å². The van der Waals surface area contributed by atoms with Crippen LogP contribution in [0.3, 0.4) is 0 Å². The Kier molecular flexibility index (Phi) is 4.90. The zero-order valence-corrected chi connectivity index (χ0v) is 10.3. The van der Waals surface area contributed by atoms with Gasteiger partial charge in [0, 0.05) is 6.20 Å². The van der Waals surface area contributed by atoms with E-state index in [1.807, 2.05) is 13.8 Å². The first-order valence-electron chi connectivity index (χ1n) is 5.49. The summed E-state index contributed by atoms with van der Waals surface area (Å²) in [7, 11) is 1.49. The number of nitrogens with zero attached hydrogens (tertiary/aromatic N) is 1. The molecule has 1 rings (SSSR count). The van der Waals surface area contributed by atoms with Crippen molar-refractivity contribution in [3.63, 3.8) is 0 Å². The summed E-state index contributed by atoms with van der Waals surface area (Å²) in [4.78, 5) is 15.8. The van der Waals surface area contributed by atoms with Crippen LogP contribution in [0.25, 0.3) is 0 Å². The number of aliphatic hydroxyl groups excluding tert-OH is 1. The molecule has 0 aliphatic carbocycles. The van der Waals surface area contributed by atoms with Crippen LogP contribution in [0.1, 0.15) is 24.2 Å². The fraction of sp³-hybridized carbons (Fsp3) is 0.500. The van der Waals surface area contributed by atoms with Crippen LogP contribution >= 0.6 is 0 Å². The van der Waals surface area contributed by atoms with Gasteiger partial charge >= 0.3 is 0 Å². The Hall–Kier alpha value is -1.62. The van der Waals surface area contributed by atoms with Gasteiger partial charge < -0.3 is 15.2 Å². The van der Waals surface area contributed by atoms with E-state index >= 15 is 0 Å². The molecule has 5 nitrogen and oxygen atoms in total. The highest BCUT2D eigenvalue weighted by Crippen LogP contribution is 2.16. The second-order valence-corrected chi connectivity index (χ2v) is 4.08. The highest BCUT2D eigenvalue weighted by Gasteiger charge is 2.18. The molecule has 1 aromatic rings. The molecule has 0 spiro atoms. The average molecular weight is 238 g/mol. The minimum Gasteiger partial charge on any atom is -0.494 e. The number of aromatic nitrogens is 1. The lowest BCUT2D eigenvalue weighted by atomic mass is 10.0. The molecule has 0 aliphatic heterocycles. The third-order valence-corrected chi connectivity index (χ3v) is 2.57. The molecule has 1 atom stereocenters. The van der Waals surface area contributed by atoms with Gasteiger partial charge in [-0.05, 0) is 12.0 Å². The van der Waals surface area contributed by atoms with E-state index < -0.39 is 0 Å². The predicted molar refractivity (Wildman–Crippen MR) is 64.0 cm³/mol. The molecule has 0 radical (unpaired) electrons. The van der Waals surface area contributed by atoms with E-state index in [2.05, 4.69) is 10.3 Å². The zero-order chi connectivity index (χ0) is 12.8. The third-order valence-electron chi connectivity index (χ3n) is 2.57. The van der Waals surface area contributed by atoms with Gasteiger partial charge in [0.25, 0.3) is 5.91 Å². The van der Waals surface area contributed by atoms with Crippen molar-refractivity contribution in [1.29, 1.82) is 0 Å². The van der Waals surface area contributed by atoms with E-state index in [4.69, 9.17) is 9.84 Å². The number of hydrogen-bond acceptors (Lipinski definition) is 4. The molecule has 0 aliphatic rings. The third kappa shape index (κ3) is 3.42. The van der Waals surface area contributed by atoms with E-state index in [9.17, 15) is 4.79 Å². The second kappa shape index (κ2) is 6.20. The largest absolute Gasteiger partial charge is 0.494 e. The molecule has 1 aromatic heterocycles. The average Bonchev–Trinajstić information content (AvgIpc) is 2.35. The summed E-state index contributed by atoms with van der Waals surface area (Å²) >= 11 is 0. The fourth-order valence-corrected chi connectivity index (χ4v) is 1.40. The molecular weight excluding hydrogens is 220 g/mol. The normalized spacial score (nSPS) is 12.3. The van der Waals surface area contributed by atoms with Gasteiger partial charge in [-0.1, -0.05) is 13.8 Å². The lowest BCUT2D eigenvalue weighted by Crippen LogP contribution is -2.41. The number of aliphatic hydroxyl groups is 1. The molecule has 0 saturated heterocycles. The van der Waals surface area contributed by atoms with Crippen molar-refractivity contribution in [1.82, 2.24) is 10.3 Å². The SMILES string of the molecule is COc1cnccc1C(=O)NC(CO)C(C)C. The van der Waals surface area contributed by atoms with Crippen LogP contribution in [0, 0.1) is 5.92 Å². The summed E-state index contributed by atoms with van der Waals surface area (Å²) < 4.78 is 5.06. The highest BCUT2D eigenvalue weighted by molar-refractivity contribution is 5.96. The van der Waals surface area contributed by atoms with Gasteiger partial charge in [0.2, 0.25) is 0 Å². The van der Waals surface area contributed by atoms with Crippen LogP contribution < -0.4 is 10.1 Å². The van der Waals surface area contributed by atoms with Gasteiger partial charge in [-0.25, -0.2) is 0 Å². The topological polar surface area (TPSA) is 71.5 Å². The second-order valence-electron chi connectivity index (χ2n) is 4.08. The van der Waals surface area contributed by atoms with Crippen molar-refractivity contribution in [2.45, 2.75) is 19.9 Å². The number of nitrogens with one attached hydrogen (secondary N) is 1. The van der Waals surface area contributed by atoms with Gasteiger partial charge in [0.1, 0.15) is 5.75 Å². The van der Waals surface area contributed by atoms with Gasteiger partial charge in [0.05, 0.1) is 31.5 Å². The number of carbonyl (C=O) groups is 1. The van der Waals surface area contributed by atoms with Crippen molar-refractivity contribution < 1.29 is 14.6 Å². The first kappa shape index (κ1) is 13.4. The molecule has 5 heteroatoms. The standard InChI is InChI=1S/C12H18N2O3/c1-8(2)10(7-15)14-12(16)9-4-5-13-6-11(9)17-3/h4-6,8,10,15H,7H2,1-3H3,(H,14,16). The molecule has 1 heterocycles. The van der Waals surface area contributed by atoms with E-state index in [-0.39, 0.29) is 24.5 Å². The number of carbonyl (C=O) groups excluding carboxylic acids is 1. The molecule has 0 aromatic carbocycles. The molecule has 0 bridgehead atoms. The molecule has 0 saturated carbocycles. The molecule has 0 fully saturated rings. The number of pyridine rings is 1. The number of amides is 1. The summed E-state index contributed by atoms with van der Waals surface area (Å²) in [5.41, 5.74) is 0.418.